The van der Waals surface area contributed by atoms with Crippen LogP contribution in [0.5, 0.6) is 0 Å². The molecule has 0 aliphatic heterocycles. The van der Waals surface area contributed by atoms with Gasteiger partial charge in [-0.25, -0.2) is 13.2 Å². The van der Waals surface area contributed by atoms with Crippen LogP contribution in [0.1, 0.15) is 10.4 Å². The summed E-state index contributed by atoms with van der Waals surface area (Å²) in [5, 5.41) is 0. The van der Waals surface area contributed by atoms with Gasteiger partial charge in [0.1, 0.15) is 0 Å². The first-order chi connectivity index (χ1) is 8.79. The van der Waals surface area contributed by atoms with Crippen LogP contribution in [0.3, 0.4) is 0 Å². The van der Waals surface area contributed by atoms with Gasteiger partial charge in [-0.15, -0.1) is 0 Å². The molecule has 0 spiro atoms. The summed E-state index contributed by atoms with van der Waals surface area (Å²) in [4.78, 5) is 34.7. The zero-order chi connectivity index (χ0) is 14.6. The highest BCUT2D eigenvalue weighted by Gasteiger charge is 2.36. The van der Waals surface area contributed by atoms with Crippen LogP contribution in [0.4, 0.5) is 0 Å². The summed E-state index contributed by atoms with van der Waals surface area (Å²) in [6.07, 6.45) is 0.648. The van der Waals surface area contributed by atoms with E-state index in [1.54, 1.807) is 6.07 Å². The highest BCUT2D eigenvalue weighted by atomic mass is 32.2. The third-order valence-corrected chi connectivity index (χ3v) is 3.08. The molecular weight excluding hydrogens is 274 g/mol. The molecule has 2 amide bonds. The van der Waals surface area contributed by atoms with Gasteiger partial charge < -0.3 is 4.74 Å². The van der Waals surface area contributed by atoms with Crippen molar-refractivity contribution in [2.24, 2.45) is 0 Å². The summed E-state index contributed by atoms with van der Waals surface area (Å²) in [5.41, 5.74) is -0.0369. The predicted octanol–water partition coefficient (Wildman–Crippen LogP) is -0.212. The maximum Gasteiger partial charge on any atom is 0.398 e. The fraction of sp³-hybridized carbons (Fsp3) is 0.182. The molecular formula is C11H11NO6S. The summed E-state index contributed by atoms with van der Waals surface area (Å²) in [6, 6.07) is 7.26. The molecule has 1 aromatic carbocycles. The molecule has 0 aliphatic rings. The Balaban J connectivity index is 3.24. The van der Waals surface area contributed by atoms with Crippen molar-refractivity contribution in [3.63, 3.8) is 0 Å². The zero-order valence-electron chi connectivity index (χ0n) is 10.2. The van der Waals surface area contributed by atoms with Gasteiger partial charge in [-0.3, -0.25) is 9.59 Å². The molecule has 0 radical (unpaired) electrons. The number of methoxy groups -OCH3 is 1. The third kappa shape index (κ3) is 3.38. The van der Waals surface area contributed by atoms with Gasteiger partial charge in [0.2, 0.25) is 10.0 Å². The van der Waals surface area contributed by atoms with Crippen molar-refractivity contribution < 1.29 is 27.5 Å². The number of hydrogen-bond donors (Lipinski definition) is 0. The van der Waals surface area contributed by atoms with Crippen LogP contribution in [-0.2, 0) is 24.3 Å². The highest BCUT2D eigenvalue weighted by molar-refractivity contribution is 7.89. The fourth-order valence-corrected chi connectivity index (χ4v) is 2.04. The molecule has 1 rings (SSSR count). The van der Waals surface area contributed by atoms with Crippen molar-refractivity contribution in [2.45, 2.75) is 0 Å². The Kier molecular flexibility index (Phi) is 4.38. The molecule has 8 heteroatoms. The second-order valence-corrected chi connectivity index (χ2v) is 5.33. The van der Waals surface area contributed by atoms with Gasteiger partial charge in [0.05, 0.1) is 13.4 Å². The van der Waals surface area contributed by atoms with Crippen LogP contribution in [0.2, 0.25) is 0 Å². The molecule has 19 heavy (non-hydrogen) atoms. The van der Waals surface area contributed by atoms with Gasteiger partial charge in [0.25, 0.3) is 5.91 Å². The summed E-state index contributed by atoms with van der Waals surface area (Å²) in [5.74, 6) is -4.10. The van der Waals surface area contributed by atoms with E-state index in [0.29, 0.717) is 6.26 Å². The minimum atomic E-state index is -4.23. The van der Waals surface area contributed by atoms with Crippen molar-refractivity contribution in [1.29, 1.82) is 0 Å². The molecule has 0 unspecified atom stereocenters. The Labute approximate surface area is 109 Å². The van der Waals surface area contributed by atoms with Gasteiger partial charge in [-0.05, 0) is 12.1 Å². The number of hydrogen-bond acceptors (Lipinski definition) is 6. The van der Waals surface area contributed by atoms with E-state index in [1.807, 2.05) is 0 Å². The molecule has 0 aliphatic carbocycles. The quantitative estimate of drug-likeness (QED) is 0.551. The minimum Gasteiger partial charge on any atom is -0.462 e. The monoisotopic (exact) mass is 285 g/mol. The highest BCUT2D eigenvalue weighted by Crippen LogP contribution is 2.09. The maximum atomic E-state index is 12.0. The SMILES string of the molecule is COC(=O)C(=O)N(C(=O)c1ccccc1)S(C)(=O)=O. The fourth-order valence-electron chi connectivity index (χ4n) is 1.26. The van der Waals surface area contributed by atoms with Crippen molar-refractivity contribution in [2.75, 3.05) is 13.4 Å². The largest absolute Gasteiger partial charge is 0.462 e. The van der Waals surface area contributed by atoms with Crippen molar-refractivity contribution in [3.8, 4) is 0 Å². The molecule has 0 N–H and O–H groups in total. The molecule has 0 heterocycles. The lowest BCUT2D eigenvalue weighted by molar-refractivity contribution is -0.154. The summed E-state index contributed by atoms with van der Waals surface area (Å²) in [7, 11) is -3.32. The first-order valence-corrected chi connectivity index (χ1v) is 6.86. The standard InChI is InChI=1S/C11H11NO6S/c1-18-11(15)10(14)12(19(2,16)17)9(13)8-6-4-3-5-7-8/h3-7H,1-2H3. The molecule has 0 aromatic heterocycles. The van der Waals surface area contributed by atoms with E-state index < -0.39 is 27.8 Å². The van der Waals surface area contributed by atoms with E-state index in [1.165, 1.54) is 24.3 Å². The minimum absolute atomic E-state index is 0.0369. The third-order valence-electron chi connectivity index (χ3n) is 2.08. The second kappa shape index (κ2) is 5.61. The van der Waals surface area contributed by atoms with E-state index in [2.05, 4.69) is 4.74 Å². The average molecular weight is 285 g/mol. The normalized spacial score (nSPS) is 10.6. The molecule has 7 nitrogen and oxygen atoms in total. The molecule has 0 atom stereocenters. The van der Waals surface area contributed by atoms with Crippen LogP contribution in [0.25, 0.3) is 0 Å². The average Bonchev–Trinajstić information content (AvgIpc) is 2.37. The Morgan fingerprint density at radius 1 is 1.11 bits per heavy atom. The number of amides is 2. The molecule has 0 saturated heterocycles. The molecule has 1 aromatic rings. The van der Waals surface area contributed by atoms with E-state index in [4.69, 9.17) is 0 Å². The Morgan fingerprint density at radius 2 is 1.63 bits per heavy atom. The predicted molar refractivity (Wildman–Crippen MR) is 64.5 cm³/mol. The maximum absolute atomic E-state index is 12.0. The number of imide groups is 1. The number of ether oxygens (including phenoxy) is 1. The second-order valence-electron chi connectivity index (χ2n) is 3.50. The van der Waals surface area contributed by atoms with Gasteiger partial charge in [-0.2, -0.15) is 4.31 Å². The zero-order valence-corrected chi connectivity index (χ0v) is 11.0. The van der Waals surface area contributed by atoms with E-state index >= 15 is 0 Å². The Hall–Kier alpha value is -2.22. The van der Waals surface area contributed by atoms with Gasteiger partial charge in [0.15, 0.2) is 0 Å². The summed E-state index contributed by atoms with van der Waals surface area (Å²) >= 11 is 0. The molecule has 0 bridgehead atoms. The van der Waals surface area contributed by atoms with Crippen molar-refractivity contribution in [3.05, 3.63) is 35.9 Å². The lowest BCUT2D eigenvalue weighted by Gasteiger charge is -2.16. The molecule has 102 valence electrons. The number of esters is 1. The first-order valence-electron chi connectivity index (χ1n) is 5.01. The number of nitrogens with zero attached hydrogens (tertiary/aromatic N) is 1. The summed E-state index contributed by atoms with van der Waals surface area (Å²) in [6.45, 7) is 0. The van der Waals surface area contributed by atoms with Crippen LogP contribution in [-0.4, -0.2) is 43.9 Å². The van der Waals surface area contributed by atoms with E-state index in [-0.39, 0.29) is 9.87 Å². The van der Waals surface area contributed by atoms with Gasteiger partial charge >= 0.3 is 11.9 Å². The van der Waals surface area contributed by atoms with E-state index in [0.717, 1.165) is 7.11 Å². The lowest BCUT2D eigenvalue weighted by atomic mass is 10.2. The van der Waals surface area contributed by atoms with Crippen molar-refractivity contribution in [1.82, 2.24) is 4.31 Å². The topological polar surface area (TPSA) is 97.8 Å². The van der Waals surface area contributed by atoms with Gasteiger partial charge in [0, 0.05) is 5.56 Å². The number of carbonyl (C=O) groups excluding carboxylic acids is 3. The molecule has 0 fully saturated rings. The Morgan fingerprint density at radius 3 is 2.05 bits per heavy atom. The smallest absolute Gasteiger partial charge is 0.398 e. The van der Waals surface area contributed by atoms with Crippen LogP contribution >= 0.6 is 0 Å². The van der Waals surface area contributed by atoms with E-state index in [9.17, 15) is 22.8 Å². The van der Waals surface area contributed by atoms with Crippen LogP contribution in [0, 0.1) is 0 Å². The van der Waals surface area contributed by atoms with Crippen molar-refractivity contribution >= 4 is 27.8 Å². The van der Waals surface area contributed by atoms with Crippen LogP contribution in [0.15, 0.2) is 30.3 Å². The first kappa shape index (κ1) is 14.8. The van der Waals surface area contributed by atoms with Gasteiger partial charge in [-0.1, -0.05) is 18.2 Å². The van der Waals surface area contributed by atoms with Crippen LogP contribution < -0.4 is 0 Å². The number of sulfonamides is 1. The number of carbonyl (C=O) groups is 3. The lowest BCUT2D eigenvalue weighted by Crippen LogP contribution is -2.45. The molecule has 0 saturated carbocycles. The number of benzene rings is 1. The summed E-state index contributed by atoms with van der Waals surface area (Å²) < 4.78 is 27.0. The Bertz CT molecular complexity index is 607. The number of rotatable bonds is 2.